The van der Waals surface area contributed by atoms with E-state index in [4.69, 9.17) is 4.74 Å². The maximum atomic E-state index is 12.4. The van der Waals surface area contributed by atoms with Gasteiger partial charge in [0.15, 0.2) is 0 Å². The first-order valence-electron chi connectivity index (χ1n) is 10.5. The first-order valence-corrected chi connectivity index (χ1v) is 10.5. The number of rotatable bonds is 6. The highest BCUT2D eigenvalue weighted by Gasteiger charge is 2.45. The van der Waals surface area contributed by atoms with Crippen LogP contribution in [0.15, 0.2) is 11.6 Å². The van der Waals surface area contributed by atoms with Gasteiger partial charge in [0.05, 0.1) is 0 Å². The normalized spacial score (nSPS) is 37.8. The van der Waals surface area contributed by atoms with Crippen molar-refractivity contribution in [3.05, 3.63) is 11.6 Å². The average Bonchev–Trinajstić information content (AvgIpc) is 2.83. The molecular weight excluding hydrogens is 324 g/mol. The predicted octanol–water partition coefficient (Wildman–Crippen LogP) is 5.87. The maximum absolute atomic E-state index is 12.4. The highest BCUT2D eigenvalue weighted by molar-refractivity contribution is 5.86. The largest absolute Gasteiger partial charge is 0.462 e. The zero-order chi connectivity index (χ0) is 19.5. The van der Waals surface area contributed by atoms with Gasteiger partial charge in [0.1, 0.15) is 11.9 Å². The summed E-state index contributed by atoms with van der Waals surface area (Å²) >= 11 is 0. The first kappa shape index (κ1) is 21.2. The fourth-order valence-electron chi connectivity index (χ4n) is 5.11. The monoisotopic (exact) mass is 362 g/mol. The molecule has 5 atom stereocenters. The van der Waals surface area contributed by atoms with Gasteiger partial charge in [-0.05, 0) is 55.8 Å². The number of esters is 1. The number of allylic oxidation sites excluding steroid dienone is 1. The van der Waals surface area contributed by atoms with Crippen LogP contribution in [0.25, 0.3) is 0 Å². The van der Waals surface area contributed by atoms with Gasteiger partial charge in [0, 0.05) is 25.2 Å². The molecule has 2 unspecified atom stereocenters. The zero-order valence-corrected chi connectivity index (χ0v) is 17.7. The second-order valence-electron chi connectivity index (χ2n) is 9.25. The number of carbonyl (C=O) groups excluding carboxylic acids is 2. The van der Waals surface area contributed by atoms with Crippen molar-refractivity contribution in [1.82, 2.24) is 0 Å². The Morgan fingerprint density at radius 3 is 2.58 bits per heavy atom. The van der Waals surface area contributed by atoms with Gasteiger partial charge in [-0.2, -0.15) is 0 Å². The third kappa shape index (κ3) is 4.23. The van der Waals surface area contributed by atoms with E-state index in [0.29, 0.717) is 17.6 Å². The third-order valence-electron chi connectivity index (χ3n) is 7.66. The summed E-state index contributed by atoms with van der Waals surface area (Å²) in [5.74, 6) is 1.31. The second kappa shape index (κ2) is 8.27. The van der Waals surface area contributed by atoms with Gasteiger partial charge in [-0.3, -0.25) is 9.59 Å². The summed E-state index contributed by atoms with van der Waals surface area (Å²) in [5.41, 5.74) is 1.46. The van der Waals surface area contributed by atoms with Crippen LogP contribution in [-0.2, 0) is 14.3 Å². The first-order chi connectivity index (χ1) is 12.1. The van der Waals surface area contributed by atoms with E-state index in [1.165, 1.54) is 12.5 Å². The molecule has 3 nitrogen and oxygen atoms in total. The Hall–Kier alpha value is -1.12. The Bertz CT molecular complexity index is 564. The van der Waals surface area contributed by atoms with Crippen LogP contribution in [-0.4, -0.2) is 17.9 Å². The number of ketones is 1. The van der Waals surface area contributed by atoms with E-state index in [-0.39, 0.29) is 22.9 Å². The SMILES string of the molecule is CC/C=C1/C[C@@H](OC(C)=O)CC[C@]1(C)C(C)CC[C@]1(C)C(=O)CCC1C. The Labute approximate surface area is 160 Å². The number of ether oxygens (including phenoxy) is 1. The summed E-state index contributed by atoms with van der Waals surface area (Å²) in [6, 6.07) is 0. The smallest absolute Gasteiger partial charge is 0.302 e. The molecule has 0 aliphatic heterocycles. The van der Waals surface area contributed by atoms with Gasteiger partial charge in [-0.25, -0.2) is 0 Å². The van der Waals surface area contributed by atoms with Gasteiger partial charge < -0.3 is 4.74 Å². The Morgan fingerprint density at radius 1 is 1.35 bits per heavy atom. The molecule has 2 fully saturated rings. The molecule has 0 amide bonds. The summed E-state index contributed by atoms with van der Waals surface area (Å²) in [6.45, 7) is 12.8. The molecule has 0 spiro atoms. The predicted molar refractivity (Wildman–Crippen MR) is 106 cm³/mol. The lowest BCUT2D eigenvalue weighted by molar-refractivity contribution is -0.147. The van der Waals surface area contributed by atoms with E-state index in [1.54, 1.807) is 0 Å². The van der Waals surface area contributed by atoms with E-state index >= 15 is 0 Å². The zero-order valence-electron chi connectivity index (χ0n) is 17.7. The molecule has 0 saturated heterocycles. The van der Waals surface area contributed by atoms with Crippen LogP contribution >= 0.6 is 0 Å². The van der Waals surface area contributed by atoms with Crippen LogP contribution < -0.4 is 0 Å². The van der Waals surface area contributed by atoms with Crippen molar-refractivity contribution in [1.29, 1.82) is 0 Å². The highest BCUT2D eigenvalue weighted by Crippen LogP contribution is 2.51. The summed E-state index contributed by atoms with van der Waals surface area (Å²) in [5, 5.41) is 0. The maximum Gasteiger partial charge on any atom is 0.302 e. The molecule has 0 aromatic carbocycles. The standard InChI is InChI=1S/C23H38O3/c1-7-8-19-15-20(26-18(4)24)12-14-22(19,5)17(3)11-13-23(6)16(2)9-10-21(23)25/h8,16-17,20H,7,9-15H2,1-6H3/b19-8-/t16?,17?,20-,22+,23-/m0/s1. The van der Waals surface area contributed by atoms with Gasteiger partial charge in [-0.1, -0.05) is 46.3 Å². The van der Waals surface area contributed by atoms with Crippen molar-refractivity contribution in [2.24, 2.45) is 22.7 Å². The van der Waals surface area contributed by atoms with Crippen LogP contribution in [0.3, 0.4) is 0 Å². The average molecular weight is 363 g/mol. The number of hydrogen-bond donors (Lipinski definition) is 0. The lowest BCUT2D eigenvalue weighted by Crippen LogP contribution is -2.37. The molecule has 148 valence electrons. The van der Waals surface area contributed by atoms with Crippen molar-refractivity contribution < 1.29 is 14.3 Å². The summed E-state index contributed by atoms with van der Waals surface area (Å²) in [4.78, 5) is 23.8. The minimum atomic E-state index is -0.177. The second-order valence-corrected chi connectivity index (χ2v) is 9.25. The molecule has 2 saturated carbocycles. The molecule has 0 heterocycles. The minimum absolute atomic E-state index is 0.0273. The number of carbonyl (C=O) groups is 2. The molecular formula is C23H38O3. The van der Waals surface area contributed by atoms with E-state index in [1.807, 2.05) is 0 Å². The summed E-state index contributed by atoms with van der Waals surface area (Å²) < 4.78 is 5.50. The van der Waals surface area contributed by atoms with Crippen molar-refractivity contribution >= 4 is 11.8 Å². The van der Waals surface area contributed by atoms with Crippen molar-refractivity contribution in [3.8, 4) is 0 Å². The van der Waals surface area contributed by atoms with E-state index in [9.17, 15) is 9.59 Å². The molecule has 0 N–H and O–H groups in total. The lowest BCUT2D eigenvalue weighted by Gasteiger charge is -2.45. The molecule has 26 heavy (non-hydrogen) atoms. The molecule has 0 bridgehead atoms. The Balaban J connectivity index is 2.08. The van der Waals surface area contributed by atoms with Crippen LogP contribution in [0.2, 0.25) is 0 Å². The fourth-order valence-corrected chi connectivity index (χ4v) is 5.11. The van der Waals surface area contributed by atoms with Gasteiger partial charge in [0.25, 0.3) is 0 Å². The molecule has 0 aromatic rings. The number of Topliss-reactive ketones (excluding diaryl/α,β-unsaturated/α-hetero) is 1. The highest BCUT2D eigenvalue weighted by atomic mass is 16.5. The van der Waals surface area contributed by atoms with Gasteiger partial charge in [0.2, 0.25) is 0 Å². The van der Waals surface area contributed by atoms with E-state index in [2.05, 4.69) is 40.7 Å². The lowest BCUT2D eigenvalue weighted by atomic mass is 9.61. The Morgan fingerprint density at radius 2 is 2.04 bits per heavy atom. The van der Waals surface area contributed by atoms with E-state index in [0.717, 1.165) is 51.4 Å². The topological polar surface area (TPSA) is 43.4 Å². The number of hydrogen-bond acceptors (Lipinski definition) is 3. The molecule has 0 radical (unpaired) electrons. The third-order valence-corrected chi connectivity index (χ3v) is 7.66. The Kier molecular flexibility index (Phi) is 6.74. The van der Waals surface area contributed by atoms with E-state index < -0.39 is 0 Å². The van der Waals surface area contributed by atoms with Crippen LogP contribution in [0, 0.1) is 22.7 Å². The summed E-state index contributed by atoms with van der Waals surface area (Å²) in [7, 11) is 0. The quantitative estimate of drug-likeness (QED) is 0.438. The summed E-state index contributed by atoms with van der Waals surface area (Å²) in [6.07, 6.45) is 10.1. The molecule has 2 rings (SSSR count). The molecule has 2 aliphatic carbocycles. The fraction of sp³-hybridized carbons (Fsp3) is 0.826. The van der Waals surface area contributed by atoms with Crippen LogP contribution in [0.1, 0.15) is 92.9 Å². The molecule has 3 heteroatoms. The van der Waals surface area contributed by atoms with Crippen LogP contribution in [0.4, 0.5) is 0 Å². The van der Waals surface area contributed by atoms with Gasteiger partial charge in [-0.15, -0.1) is 0 Å². The van der Waals surface area contributed by atoms with Crippen molar-refractivity contribution in [2.45, 2.75) is 99.0 Å². The van der Waals surface area contributed by atoms with Crippen LogP contribution in [0.5, 0.6) is 0 Å². The van der Waals surface area contributed by atoms with Gasteiger partial charge >= 0.3 is 5.97 Å². The van der Waals surface area contributed by atoms with Crippen molar-refractivity contribution in [3.63, 3.8) is 0 Å². The minimum Gasteiger partial charge on any atom is -0.462 e. The molecule has 2 aliphatic rings. The van der Waals surface area contributed by atoms with Crippen molar-refractivity contribution in [2.75, 3.05) is 0 Å². The molecule has 0 aromatic heterocycles.